The Labute approximate surface area is 125 Å². The maximum atomic E-state index is 5.71. The molecule has 3 nitrogen and oxygen atoms in total. The van der Waals surface area contributed by atoms with E-state index >= 15 is 0 Å². The first kappa shape index (κ1) is 13.1. The number of hydrogen-bond donors (Lipinski definition) is 1. The number of anilines is 1. The van der Waals surface area contributed by atoms with Crippen molar-refractivity contribution in [2.75, 3.05) is 12.3 Å². The van der Waals surface area contributed by atoms with Gasteiger partial charge in [-0.15, -0.1) is 22.7 Å². The Kier molecular flexibility index (Phi) is 3.99. The molecule has 0 aliphatic carbocycles. The van der Waals surface area contributed by atoms with Crippen molar-refractivity contribution < 1.29 is 4.74 Å². The summed E-state index contributed by atoms with van der Waals surface area (Å²) in [6.07, 6.45) is 0.810. The van der Waals surface area contributed by atoms with Gasteiger partial charge in [0, 0.05) is 23.6 Å². The third-order valence-corrected chi connectivity index (χ3v) is 4.57. The SMILES string of the molecule is Nc1cccc(OCCc2nc(-c3cccs3)cs2)c1. The average molecular weight is 302 g/mol. The predicted octanol–water partition coefficient (Wildman–Crippen LogP) is 4.08. The first-order valence-electron chi connectivity index (χ1n) is 6.28. The molecule has 0 spiro atoms. The minimum absolute atomic E-state index is 0.612. The summed E-state index contributed by atoms with van der Waals surface area (Å²) >= 11 is 3.39. The van der Waals surface area contributed by atoms with Crippen LogP contribution in [0.25, 0.3) is 10.6 Å². The Hall–Kier alpha value is -1.85. The van der Waals surface area contributed by atoms with Crippen molar-refractivity contribution in [1.29, 1.82) is 0 Å². The van der Waals surface area contributed by atoms with Crippen LogP contribution in [0.2, 0.25) is 0 Å². The Morgan fingerprint density at radius 1 is 1.15 bits per heavy atom. The van der Waals surface area contributed by atoms with E-state index in [1.54, 1.807) is 22.7 Å². The van der Waals surface area contributed by atoms with Crippen LogP contribution in [0.4, 0.5) is 5.69 Å². The van der Waals surface area contributed by atoms with Crippen LogP contribution in [-0.4, -0.2) is 11.6 Å². The Bertz CT molecular complexity index is 677. The zero-order valence-electron chi connectivity index (χ0n) is 10.8. The molecular formula is C15H14N2OS2. The Morgan fingerprint density at radius 3 is 2.90 bits per heavy atom. The van der Waals surface area contributed by atoms with E-state index in [-0.39, 0.29) is 0 Å². The number of thiazole rings is 1. The minimum atomic E-state index is 0.612. The second-order valence-electron chi connectivity index (χ2n) is 4.27. The molecule has 2 N–H and O–H groups in total. The summed E-state index contributed by atoms with van der Waals surface area (Å²) in [6, 6.07) is 11.6. The highest BCUT2D eigenvalue weighted by molar-refractivity contribution is 7.14. The van der Waals surface area contributed by atoms with Gasteiger partial charge in [0.05, 0.1) is 22.2 Å². The molecule has 0 saturated heterocycles. The van der Waals surface area contributed by atoms with Crippen molar-refractivity contribution in [2.24, 2.45) is 0 Å². The molecule has 3 rings (SSSR count). The van der Waals surface area contributed by atoms with E-state index in [0.717, 1.165) is 28.6 Å². The van der Waals surface area contributed by atoms with Crippen molar-refractivity contribution in [1.82, 2.24) is 4.98 Å². The van der Waals surface area contributed by atoms with E-state index in [4.69, 9.17) is 10.5 Å². The molecule has 0 unspecified atom stereocenters. The maximum Gasteiger partial charge on any atom is 0.121 e. The molecule has 3 aromatic rings. The molecular weight excluding hydrogens is 288 g/mol. The van der Waals surface area contributed by atoms with Gasteiger partial charge >= 0.3 is 0 Å². The Balaban J connectivity index is 1.57. The monoisotopic (exact) mass is 302 g/mol. The fourth-order valence-electron chi connectivity index (χ4n) is 1.82. The molecule has 2 heterocycles. The highest BCUT2D eigenvalue weighted by Gasteiger charge is 2.05. The van der Waals surface area contributed by atoms with Crippen molar-refractivity contribution in [3.05, 3.63) is 52.2 Å². The van der Waals surface area contributed by atoms with Crippen molar-refractivity contribution in [3.8, 4) is 16.3 Å². The van der Waals surface area contributed by atoms with Crippen LogP contribution in [0.5, 0.6) is 5.75 Å². The van der Waals surface area contributed by atoms with Crippen LogP contribution in [0.1, 0.15) is 5.01 Å². The lowest BCUT2D eigenvalue weighted by Gasteiger charge is -2.05. The number of nitrogens with two attached hydrogens (primary N) is 1. The van der Waals surface area contributed by atoms with Crippen LogP contribution >= 0.6 is 22.7 Å². The van der Waals surface area contributed by atoms with E-state index < -0.39 is 0 Å². The van der Waals surface area contributed by atoms with Gasteiger partial charge in [-0.2, -0.15) is 0 Å². The Morgan fingerprint density at radius 2 is 2.10 bits per heavy atom. The second-order valence-corrected chi connectivity index (χ2v) is 6.17. The smallest absolute Gasteiger partial charge is 0.121 e. The molecule has 20 heavy (non-hydrogen) atoms. The zero-order valence-corrected chi connectivity index (χ0v) is 12.4. The van der Waals surface area contributed by atoms with Crippen LogP contribution in [0.15, 0.2) is 47.2 Å². The largest absolute Gasteiger partial charge is 0.493 e. The van der Waals surface area contributed by atoms with Gasteiger partial charge in [0.2, 0.25) is 0 Å². The van der Waals surface area contributed by atoms with Gasteiger partial charge in [-0.3, -0.25) is 0 Å². The van der Waals surface area contributed by atoms with Gasteiger partial charge in [-0.25, -0.2) is 4.98 Å². The number of rotatable bonds is 5. The van der Waals surface area contributed by atoms with Gasteiger partial charge in [0.15, 0.2) is 0 Å². The minimum Gasteiger partial charge on any atom is -0.493 e. The van der Waals surface area contributed by atoms with Crippen molar-refractivity contribution >= 4 is 28.4 Å². The number of hydrogen-bond acceptors (Lipinski definition) is 5. The molecule has 0 fully saturated rings. The average Bonchev–Trinajstić information content (AvgIpc) is 3.09. The molecule has 0 aliphatic rings. The van der Waals surface area contributed by atoms with Crippen molar-refractivity contribution in [2.45, 2.75) is 6.42 Å². The van der Waals surface area contributed by atoms with Gasteiger partial charge in [-0.05, 0) is 23.6 Å². The summed E-state index contributed by atoms with van der Waals surface area (Å²) in [7, 11) is 0. The molecule has 1 aromatic carbocycles. The van der Waals surface area contributed by atoms with E-state index in [1.807, 2.05) is 30.3 Å². The van der Waals surface area contributed by atoms with Crippen LogP contribution in [0, 0.1) is 0 Å². The van der Waals surface area contributed by atoms with Gasteiger partial charge in [0.25, 0.3) is 0 Å². The van der Waals surface area contributed by atoms with E-state index in [0.29, 0.717) is 6.61 Å². The first-order valence-corrected chi connectivity index (χ1v) is 8.04. The molecule has 0 amide bonds. The lowest BCUT2D eigenvalue weighted by atomic mass is 10.3. The third kappa shape index (κ3) is 3.18. The summed E-state index contributed by atoms with van der Waals surface area (Å²) in [5.41, 5.74) is 7.49. The maximum absolute atomic E-state index is 5.71. The summed E-state index contributed by atoms with van der Waals surface area (Å²) < 4.78 is 5.68. The van der Waals surface area contributed by atoms with E-state index in [2.05, 4.69) is 21.8 Å². The van der Waals surface area contributed by atoms with Gasteiger partial charge in [-0.1, -0.05) is 12.1 Å². The normalized spacial score (nSPS) is 10.6. The highest BCUT2D eigenvalue weighted by Crippen LogP contribution is 2.26. The summed E-state index contributed by atoms with van der Waals surface area (Å²) in [5, 5.41) is 5.26. The first-order chi connectivity index (χ1) is 9.81. The second kappa shape index (κ2) is 6.07. The zero-order chi connectivity index (χ0) is 13.8. The summed E-state index contributed by atoms with van der Waals surface area (Å²) in [4.78, 5) is 5.84. The van der Waals surface area contributed by atoms with Crippen molar-refractivity contribution in [3.63, 3.8) is 0 Å². The van der Waals surface area contributed by atoms with Crippen LogP contribution in [0.3, 0.4) is 0 Å². The number of aromatic nitrogens is 1. The topological polar surface area (TPSA) is 48.1 Å². The van der Waals surface area contributed by atoms with Crippen LogP contribution in [-0.2, 0) is 6.42 Å². The van der Waals surface area contributed by atoms with E-state index in [9.17, 15) is 0 Å². The summed E-state index contributed by atoms with van der Waals surface area (Å²) in [6.45, 7) is 0.612. The lowest BCUT2D eigenvalue weighted by molar-refractivity contribution is 0.322. The fourth-order valence-corrected chi connectivity index (χ4v) is 3.36. The number of benzene rings is 1. The quantitative estimate of drug-likeness (QED) is 0.723. The molecule has 102 valence electrons. The number of nitrogens with zero attached hydrogens (tertiary/aromatic N) is 1. The van der Waals surface area contributed by atoms with Gasteiger partial charge in [0.1, 0.15) is 5.75 Å². The van der Waals surface area contributed by atoms with Gasteiger partial charge < -0.3 is 10.5 Å². The molecule has 0 saturated carbocycles. The number of thiophene rings is 1. The highest BCUT2D eigenvalue weighted by atomic mass is 32.1. The molecule has 0 atom stereocenters. The molecule has 5 heteroatoms. The fraction of sp³-hybridized carbons (Fsp3) is 0.133. The molecule has 2 aromatic heterocycles. The predicted molar refractivity (Wildman–Crippen MR) is 85.5 cm³/mol. The molecule has 0 radical (unpaired) electrons. The lowest BCUT2D eigenvalue weighted by Crippen LogP contribution is -2.01. The van der Waals surface area contributed by atoms with Crippen LogP contribution < -0.4 is 10.5 Å². The molecule has 0 bridgehead atoms. The standard InChI is InChI=1S/C15H14N2OS2/c16-11-3-1-4-12(9-11)18-7-6-15-17-13(10-20-15)14-5-2-8-19-14/h1-5,8-10H,6-7,16H2. The number of nitrogen functional groups attached to an aromatic ring is 1. The van der Waals surface area contributed by atoms with E-state index in [1.165, 1.54) is 4.88 Å². The summed E-state index contributed by atoms with van der Waals surface area (Å²) in [5.74, 6) is 0.806. The molecule has 0 aliphatic heterocycles. The third-order valence-electron chi connectivity index (χ3n) is 2.77. The number of ether oxygens (including phenoxy) is 1.